The van der Waals surface area contributed by atoms with Crippen LogP contribution in [0.25, 0.3) is 21.9 Å². The lowest BCUT2D eigenvalue weighted by molar-refractivity contribution is 0.468. The minimum absolute atomic E-state index is 0.0165. The van der Waals surface area contributed by atoms with Crippen LogP contribution < -0.4 is 15.4 Å². The van der Waals surface area contributed by atoms with Crippen LogP contribution in [-0.4, -0.2) is 13.5 Å². The molecule has 180 valence electrons. The van der Waals surface area contributed by atoms with Crippen molar-refractivity contribution in [3.05, 3.63) is 95.3 Å². The fraction of sp³-hybridized carbons (Fsp3) is 0. The molecule has 13 heteroatoms. The Bertz CT molecular complexity index is 1790. The second-order valence-corrected chi connectivity index (χ2v) is 11.9. The highest BCUT2D eigenvalue weighted by atomic mass is 79.9. The summed E-state index contributed by atoms with van der Waals surface area (Å²) in [5.41, 5.74) is -0.774. The number of halogens is 3. The fourth-order valence-corrected chi connectivity index (χ4v) is 6.14. The van der Waals surface area contributed by atoms with E-state index in [9.17, 15) is 23.1 Å². The number of fused-ring (bicyclic) bond motifs is 2. The molecule has 0 radical (unpaired) electrons. The summed E-state index contributed by atoms with van der Waals surface area (Å²) in [6.45, 7) is 0. The molecule has 0 aliphatic heterocycles. The summed E-state index contributed by atoms with van der Waals surface area (Å²) in [6, 6.07) is 14.1. The van der Waals surface area contributed by atoms with Crippen molar-refractivity contribution >= 4 is 82.5 Å². The van der Waals surface area contributed by atoms with Crippen molar-refractivity contribution in [2.45, 2.75) is 4.21 Å². The maximum absolute atomic E-state index is 12.3. The molecule has 0 fully saturated rings. The molecule has 2 aromatic carbocycles. The average molecular weight is 618 g/mol. The lowest BCUT2D eigenvalue weighted by Gasteiger charge is -2.07. The van der Waals surface area contributed by atoms with Gasteiger partial charge in [0.2, 0.25) is 0 Å². The van der Waals surface area contributed by atoms with E-state index in [1.54, 1.807) is 18.2 Å². The Morgan fingerprint density at radius 2 is 1.40 bits per heavy atom. The third-order valence-electron chi connectivity index (χ3n) is 4.34. The van der Waals surface area contributed by atoms with Crippen LogP contribution in [0.4, 0.5) is 0 Å². The van der Waals surface area contributed by atoms with E-state index in [0.29, 0.717) is 30.2 Å². The molecule has 0 bridgehead atoms. The molecular formula is C22H11BrCl2O8S2. The molecule has 0 saturated carbocycles. The van der Waals surface area contributed by atoms with Gasteiger partial charge in [0.05, 0.1) is 26.7 Å². The smallest absolute Gasteiger partial charge is 0.348 e. The molecule has 1 N–H and O–H groups in total. The van der Waals surface area contributed by atoms with Gasteiger partial charge in [-0.1, -0.05) is 23.2 Å². The molecule has 0 amide bonds. The van der Waals surface area contributed by atoms with Crippen LogP contribution in [0.1, 0.15) is 0 Å². The summed E-state index contributed by atoms with van der Waals surface area (Å²) >= 11 is 15.8. The van der Waals surface area contributed by atoms with E-state index in [4.69, 9.17) is 36.2 Å². The van der Waals surface area contributed by atoms with Gasteiger partial charge in [-0.05, 0) is 64.5 Å². The maximum atomic E-state index is 12.3. The van der Waals surface area contributed by atoms with Gasteiger partial charge in [-0.3, -0.25) is 0 Å². The normalized spacial score (nSPS) is 11.3. The summed E-state index contributed by atoms with van der Waals surface area (Å²) < 4.78 is 40.1. The topological polar surface area (TPSA) is 124 Å². The predicted octanol–water partition coefficient (Wildman–Crippen LogP) is 6.19. The van der Waals surface area contributed by atoms with Crippen LogP contribution in [0.5, 0.6) is 11.5 Å². The molecule has 0 saturated heterocycles. The second kappa shape index (κ2) is 10.0. The summed E-state index contributed by atoms with van der Waals surface area (Å²) in [4.78, 5) is 22.4. The van der Waals surface area contributed by atoms with Gasteiger partial charge in [0.15, 0.2) is 9.96 Å². The molecule has 0 spiro atoms. The van der Waals surface area contributed by atoms with Crippen LogP contribution in [0.3, 0.4) is 0 Å². The van der Waals surface area contributed by atoms with Gasteiger partial charge in [-0.15, -0.1) is 11.3 Å². The third-order valence-corrected chi connectivity index (χ3v) is 8.12. The summed E-state index contributed by atoms with van der Waals surface area (Å²) in [6.07, 6.45) is 0. The Labute approximate surface area is 219 Å². The SMILES string of the molecule is O=c1cc(O)c2cc(Cl)ccc2o1.O=c1cc(OS(=O)(=O)c2ccc(Br)s2)c2cc(Cl)ccc2o1. The van der Waals surface area contributed by atoms with Crippen molar-refractivity contribution in [3.8, 4) is 11.5 Å². The molecule has 0 atom stereocenters. The Kier molecular flexibility index (Phi) is 7.25. The molecule has 5 aromatic rings. The first-order valence-corrected chi connectivity index (χ1v) is 13.1. The predicted molar refractivity (Wildman–Crippen MR) is 136 cm³/mol. The van der Waals surface area contributed by atoms with Crippen molar-refractivity contribution in [1.82, 2.24) is 0 Å². The van der Waals surface area contributed by atoms with Crippen LogP contribution >= 0.6 is 50.5 Å². The zero-order valence-electron chi connectivity index (χ0n) is 17.0. The van der Waals surface area contributed by atoms with E-state index in [2.05, 4.69) is 15.9 Å². The van der Waals surface area contributed by atoms with E-state index in [1.165, 1.54) is 30.3 Å². The van der Waals surface area contributed by atoms with Crippen LogP contribution in [0.2, 0.25) is 10.0 Å². The first-order chi connectivity index (χ1) is 16.5. The van der Waals surface area contributed by atoms with Crippen molar-refractivity contribution in [2.75, 3.05) is 0 Å². The summed E-state index contributed by atoms with van der Waals surface area (Å²) in [7, 11) is -4.05. The van der Waals surface area contributed by atoms with E-state index < -0.39 is 21.4 Å². The van der Waals surface area contributed by atoms with Crippen molar-refractivity contribution in [2.24, 2.45) is 0 Å². The van der Waals surface area contributed by atoms with Gasteiger partial charge in [0, 0.05) is 10.0 Å². The maximum Gasteiger partial charge on any atom is 0.348 e. The third kappa shape index (κ3) is 5.88. The zero-order chi connectivity index (χ0) is 25.3. The molecule has 5 rings (SSSR count). The minimum Gasteiger partial charge on any atom is -0.507 e. The monoisotopic (exact) mass is 616 g/mol. The highest BCUT2D eigenvalue weighted by molar-refractivity contribution is 9.11. The van der Waals surface area contributed by atoms with E-state index >= 15 is 0 Å². The van der Waals surface area contributed by atoms with Crippen LogP contribution in [0.15, 0.2) is 87.1 Å². The lowest BCUT2D eigenvalue weighted by atomic mass is 10.2. The van der Waals surface area contributed by atoms with E-state index in [1.807, 2.05) is 0 Å². The molecule has 35 heavy (non-hydrogen) atoms. The number of thiophene rings is 1. The number of benzene rings is 2. The Morgan fingerprint density at radius 3 is 2.00 bits per heavy atom. The zero-order valence-corrected chi connectivity index (χ0v) is 21.8. The van der Waals surface area contributed by atoms with Gasteiger partial charge in [0.25, 0.3) is 0 Å². The average Bonchev–Trinajstić information content (AvgIpc) is 3.22. The van der Waals surface area contributed by atoms with Crippen molar-refractivity contribution in [3.63, 3.8) is 0 Å². The molecular weight excluding hydrogens is 607 g/mol. The van der Waals surface area contributed by atoms with E-state index in [0.717, 1.165) is 23.5 Å². The Morgan fingerprint density at radius 1 is 0.829 bits per heavy atom. The summed E-state index contributed by atoms with van der Waals surface area (Å²) in [5, 5.41) is 10.9. The highest BCUT2D eigenvalue weighted by Gasteiger charge is 2.21. The first-order valence-electron chi connectivity index (χ1n) is 9.37. The molecule has 3 heterocycles. The van der Waals surface area contributed by atoms with Crippen molar-refractivity contribution in [1.29, 1.82) is 0 Å². The first kappa shape index (κ1) is 25.3. The van der Waals surface area contributed by atoms with E-state index in [-0.39, 0.29) is 21.3 Å². The second-order valence-electron chi connectivity index (χ2n) is 6.76. The number of hydrogen-bond acceptors (Lipinski definition) is 9. The van der Waals surface area contributed by atoms with Gasteiger partial charge in [-0.2, -0.15) is 8.42 Å². The molecule has 0 aliphatic rings. The van der Waals surface area contributed by atoms with Crippen LogP contribution in [0, 0.1) is 0 Å². The van der Waals surface area contributed by atoms with Crippen molar-refractivity contribution < 1.29 is 26.5 Å². The minimum atomic E-state index is -4.05. The van der Waals surface area contributed by atoms with Gasteiger partial charge >= 0.3 is 21.4 Å². The quantitative estimate of drug-likeness (QED) is 0.188. The fourth-order valence-electron chi connectivity index (χ4n) is 2.89. The highest BCUT2D eigenvalue weighted by Crippen LogP contribution is 2.32. The number of aromatic hydroxyl groups is 1. The molecule has 3 aromatic heterocycles. The lowest BCUT2D eigenvalue weighted by Crippen LogP contribution is -2.10. The molecule has 0 aliphatic carbocycles. The Hall–Kier alpha value is -2.83. The molecule has 8 nitrogen and oxygen atoms in total. The largest absolute Gasteiger partial charge is 0.507 e. The van der Waals surface area contributed by atoms with Gasteiger partial charge in [0.1, 0.15) is 16.9 Å². The van der Waals surface area contributed by atoms with Gasteiger partial charge in [-0.25, -0.2) is 9.59 Å². The Balaban J connectivity index is 0.000000189. The summed E-state index contributed by atoms with van der Waals surface area (Å²) in [5.74, 6) is -0.243. The number of hydrogen-bond donors (Lipinski definition) is 1. The standard InChI is InChI=1S/C13H6BrClO5S2.C9H5ClO3/c14-11-3-4-13(21-11)22(17,18)20-10-6-12(16)19-9-2-1-7(15)5-8(9)10;10-5-1-2-8-6(3-5)7(11)4-9(12)13-8/h1-6H;1-4,11H. The number of rotatable bonds is 3. The van der Waals surface area contributed by atoms with Crippen LogP contribution in [-0.2, 0) is 10.1 Å². The molecule has 0 unspecified atom stereocenters. The van der Waals surface area contributed by atoms with Gasteiger partial charge < -0.3 is 18.1 Å².